The molecule has 1 heterocycles. The van der Waals surface area contributed by atoms with Crippen LogP contribution in [0.2, 0.25) is 0 Å². The molecule has 1 aromatic carbocycles. The van der Waals surface area contributed by atoms with E-state index in [9.17, 15) is 4.79 Å². The molecule has 0 unspecified atom stereocenters. The van der Waals surface area contributed by atoms with Gasteiger partial charge in [0.25, 0.3) is 0 Å². The number of anilines is 2. The number of likely N-dealkylation sites (N-methyl/N-ethyl adjacent to an activating group) is 1. The summed E-state index contributed by atoms with van der Waals surface area (Å²) in [5, 5.41) is 0. The summed E-state index contributed by atoms with van der Waals surface area (Å²) >= 11 is 0. The Bertz CT molecular complexity index is 389. The molecule has 3 heteroatoms. The standard InChI is InChI=1S/C13H18N2O/c1-11(16)7-8-15-10-9-14(2)12-5-3-4-6-13(12)15/h3-6H,7-10H2,1-2H3. The fourth-order valence-corrected chi connectivity index (χ4v) is 2.09. The van der Waals surface area contributed by atoms with E-state index in [1.54, 1.807) is 6.92 Å². The number of hydrogen-bond acceptors (Lipinski definition) is 3. The van der Waals surface area contributed by atoms with Gasteiger partial charge in [-0.05, 0) is 19.1 Å². The number of benzene rings is 1. The number of fused-ring (bicyclic) bond motifs is 1. The highest BCUT2D eigenvalue weighted by molar-refractivity contribution is 5.77. The summed E-state index contributed by atoms with van der Waals surface area (Å²) in [7, 11) is 2.11. The maximum Gasteiger partial charge on any atom is 0.131 e. The lowest BCUT2D eigenvalue weighted by Gasteiger charge is -2.36. The van der Waals surface area contributed by atoms with Crippen LogP contribution in [0, 0.1) is 0 Å². The Morgan fingerprint density at radius 3 is 2.62 bits per heavy atom. The predicted molar refractivity (Wildman–Crippen MR) is 67.2 cm³/mol. The van der Waals surface area contributed by atoms with Gasteiger partial charge in [-0.1, -0.05) is 12.1 Å². The van der Waals surface area contributed by atoms with Crippen LogP contribution in [-0.2, 0) is 4.79 Å². The molecule has 0 saturated heterocycles. The number of carbonyl (C=O) groups is 1. The van der Waals surface area contributed by atoms with E-state index in [-0.39, 0.29) is 5.78 Å². The zero-order chi connectivity index (χ0) is 11.5. The number of carbonyl (C=O) groups excluding carboxylic acids is 1. The topological polar surface area (TPSA) is 23.6 Å². The molecule has 0 amide bonds. The molecule has 16 heavy (non-hydrogen) atoms. The minimum atomic E-state index is 0.261. The van der Waals surface area contributed by atoms with Gasteiger partial charge in [-0.15, -0.1) is 0 Å². The molecular weight excluding hydrogens is 200 g/mol. The largest absolute Gasteiger partial charge is 0.371 e. The first-order chi connectivity index (χ1) is 7.68. The molecule has 0 saturated carbocycles. The van der Waals surface area contributed by atoms with E-state index >= 15 is 0 Å². The van der Waals surface area contributed by atoms with Crippen LogP contribution in [0.3, 0.4) is 0 Å². The van der Waals surface area contributed by atoms with E-state index < -0.39 is 0 Å². The second kappa shape index (κ2) is 4.56. The monoisotopic (exact) mass is 218 g/mol. The number of hydrogen-bond donors (Lipinski definition) is 0. The van der Waals surface area contributed by atoms with Gasteiger partial charge in [-0.25, -0.2) is 0 Å². The van der Waals surface area contributed by atoms with Crippen molar-refractivity contribution in [3.8, 4) is 0 Å². The van der Waals surface area contributed by atoms with Gasteiger partial charge in [0.15, 0.2) is 0 Å². The highest BCUT2D eigenvalue weighted by Crippen LogP contribution is 2.31. The van der Waals surface area contributed by atoms with Crippen molar-refractivity contribution in [1.29, 1.82) is 0 Å². The van der Waals surface area contributed by atoms with Gasteiger partial charge in [0.2, 0.25) is 0 Å². The summed E-state index contributed by atoms with van der Waals surface area (Å²) in [4.78, 5) is 15.6. The highest BCUT2D eigenvalue weighted by atomic mass is 16.1. The molecular formula is C13H18N2O. The lowest BCUT2D eigenvalue weighted by atomic mass is 10.1. The van der Waals surface area contributed by atoms with E-state index in [2.05, 4.69) is 41.1 Å². The van der Waals surface area contributed by atoms with Crippen LogP contribution in [-0.4, -0.2) is 32.5 Å². The maximum atomic E-state index is 11.0. The van der Waals surface area contributed by atoms with Crippen molar-refractivity contribution in [1.82, 2.24) is 0 Å². The van der Waals surface area contributed by atoms with Gasteiger partial charge in [0.05, 0.1) is 11.4 Å². The van der Waals surface area contributed by atoms with E-state index in [0.717, 1.165) is 19.6 Å². The van der Waals surface area contributed by atoms with Crippen LogP contribution in [0.25, 0.3) is 0 Å². The van der Waals surface area contributed by atoms with Crippen LogP contribution in [0.5, 0.6) is 0 Å². The second-order valence-corrected chi connectivity index (χ2v) is 4.35. The minimum absolute atomic E-state index is 0.261. The normalized spacial score (nSPS) is 14.9. The molecule has 86 valence electrons. The van der Waals surface area contributed by atoms with Gasteiger partial charge in [0, 0.05) is 33.1 Å². The number of Topliss-reactive ketones (excluding diaryl/α,β-unsaturated/α-hetero) is 1. The fourth-order valence-electron chi connectivity index (χ4n) is 2.09. The predicted octanol–water partition coefficient (Wildman–Crippen LogP) is 1.92. The van der Waals surface area contributed by atoms with Crippen molar-refractivity contribution in [2.24, 2.45) is 0 Å². The fraction of sp³-hybridized carbons (Fsp3) is 0.462. The van der Waals surface area contributed by atoms with E-state index in [1.165, 1.54) is 11.4 Å². The zero-order valence-electron chi connectivity index (χ0n) is 9.94. The van der Waals surface area contributed by atoms with Crippen LogP contribution < -0.4 is 9.80 Å². The third-order valence-electron chi connectivity index (χ3n) is 3.07. The summed E-state index contributed by atoms with van der Waals surface area (Å²) in [5.41, 5.74) is 2.51. The Morgan fingerprint density at radius 1 is 1.25 bits per heavy atom. The molecule has 1 aliphatic heterocycles. The first kappa shape index (κ1) is 11.0. The molecule has 1 aromatic rings. The maximum absolute atomic E-state index is 11.0. The summed E-state index contributed by atoms with van der Waals surface area (Å²) < 4.78 is 0. The Balaban J connectivity index is 2.18. The summed E-state index contributed by atoms with van der Waals surface area (Å²) in [6, 6.07) is 8.38. The van der Waals surface area contributed by atoms with Crippen molar-refractivity contribution >= 4 is 17.2 Å². The first-order valence-corrected chi connectivity index (χ1v) is 5.73. The van der Waals surface area contributed by atoms with Crippen molar-refractivity contribution < 1.29 is 4.79 Å². The SMILES string of the molecule is CC(=O)CCN1CCN(C)c2ccccc21. The van der Waals surface area contributed by atoms with Gasteiger partial charge in [0.1, 0.15) is 5.78 Å². The molecule has 0 N–H and O–H groups in total. The van der Waals surface area contributed by atoms with Gasteiger partial charge < -0.3 is 9.80 Å². The Morgan fingerprint density at radius 2 is 1.94 bits per heavy atom. The van der Waals surface area contributed by atoms with Crippen molar-refractivity contribution in [2.75, 3.05) is 36.5 Å². The zero-order valence-corrected chi connectivity index (χ0v) is 9.94. The molecule has 0 radical (unpaired) electrons. The summed E-state index contributed by atoms with van der Waals surface area (Å²) in [5.74, 6) is 0.261. The molecule has 0 bridgehead atoms. The van der Waals surface area contributed by atoms with Crippen LogP contribution >= 0.6 is 0 Å². The number of nitrogens with zero attached hydrogens (tertiary/aromatic N) is 2. The lowest BCUT2D eigenvalue weighted by molar-refractivity contribution is -0.116. The van der Waals surface area contributed by atoms with Crippen LogP contribution in [0.4, 0.5) is 11.4 Å². The molecule has 2 rings (SSSR count). The molecule has 0 fully saturated rings. The Kier molecular flexibility index (Phi) is 3.13. The summed E-state index contributed by atoms with van der Waals surface area (Å²) in [6.45, 7) is 4.51. The molecule has 0 aliphatic carbocycles. The number of rotatable bonds is 3. The minimum Gasteiger partial charge on any atom is -0.371 e. The van der Waals surface area contributed by atoms with Crippen molar-refractivity contribution in [3.63, 3.8) is 0 Å². The number of para-hydroxylation sites is 2. The Labute approximate surface area is 96.7 Å². The van der Waals surface area contributed by atoms with Crippen LogP contribution in [0.15, 0.2) is 24.3 Å². The summed E-state index contributed by atoms with van der Waals surface area (Å²) in [6.07, 6.45) is 0.637. The van der Waals surface area contributed by atoms with E-state index in [1.807, 2.05) is 0 Å². The first-order valence-electron chi connectivity index (χ1n) is 5.73. The van der Waals surface area contributed by atoms with Crippen LogP contribution in [0.1, 0.15) is 13.3 Å². The highest BCUT2D eigenvalue weighted by Gasteiger charge is 2.19. The van der Waals surface area contributed by atoms with Gasteiger partial charge >= 0.3 is 0 Å². The van der Waals surface area contributed by atoms with Crippen molar-refractivity contribution in [3.05, 3.63) is 24.3 Å². The average Bonchev–Trinajstić information content (AvgIpc) is 2.28. The lowest BCUT2D eigenvalue weighted by Crippen LogP contribution is -2.40. The quantitative estimate of drug-likeness (QED) is 0.774. The molecule has 1 aliphatic rings. The Hall–Kier alpha value is -1.51. The number of ketones is 1. The molecule has 0 aromatic heterocycles. The third kappa shape index (κ3) is 2.18. The van der Waals surface area contributed by atoms with Crippen molar-refractivity contribution in [2.45, 2.75) is 13.3 Å². The molecule has 0 atom stereocenters. The molecule has 0 spiro atoms. The molecule has 3 nitrogen and oxygen atoms in total. The van der Waals surface area contributed by atoms with Gasteiger partial charge in [-0.3, -0.25) is 4.79 Å². The van der Waals surface area contributed by atoms with E-state index in [4.69, 9.17) is 0 Å². The second-order valence-electron chi connectivity index (χ2n) is 4.35. The smallest absolute Gasteiger partial charge is 0.131 e. The average molecular weight is 218 g/mol. The van der Waals surface area contributed by atoms with Gasteiger partial charge in [-0.2, -0.15) is 0 Å². The van der Waals surface area contributed by atoms with E-state index in [0.29, 0.717) is 6.42 Å². The third-order valence-corrected chi connectivity index (χ3v) is 3.07.